The first-order valence-corrected chi connectivity index (χ1v) is 20.8. The third-order valence-corrected chi connectivity index (χ3v) is 11.4. The lowest BCUT2D eigenvalue weighted by Crippen LogP contribution is -2.59. The van der Waals surface area contributed by atoms with Crippen molar-refractivity contribution >= 4 is 81.0 Å². The molecular formula is C37H52N9O10S2+3. The smallest absolute Gasteiger partial charge is 0.246 e. The number of carbonyl (C=O) groups excluding carboxylic acids is 10. The number of hydrogen-bond acceptors (Lipinski definition) is 14. The Morgan fingerprint density at radius 1 is 0.655 bits per heavy atom. The number of aromatic nitrogens is 2. The molecule has 2 aromatic rings. The van der Waals surface area contributed by atoms with Crippen LogP contribution < -0.4 is 38.5 Å². The Kier molecular flexibility index (Phi) is 15.9. The molecule has 4 amide bonds. The number of nitrogens with one attached hydrogen (secondary N) is 4. The van der Waals surface area contributed by atoms with Crippen molar-refractivity contribution in [2.75, 3.05) is 6.54 Å². The maximum absolute atomic E-state index is 13.2. The van der Waals surface area contributed by atoms with Gasteiger partial charge in [0.1, 0.15) is 28.0 Å². The largest absolute Gasteiger partial charge is 0.355 e. The van der Waals surface area contributed by atoms with Crippen molar-refractivity contribution in [3.63, 3.8) is 0 Å². The summed E-state index contributed by atoms with van der Waals surface area (Å²) in [5, 5.41) is 13.7. The van der Waals surface area contributed by atoms with Crippen molar-refractivity contribution in [1.29, 1.82) is 0 Å². The molecule has 0 bridgehead atoms. The molecule has 2 fully saturated rings. The number of amides is 4. The highest BCUT2D eigenvalue weighted by Gasteiger charge is 2.52. The number of Topliss-reactive ketones (excluding diaryl/α,β-unsaturated/α-hetero) is 6. The Morgan fingerprint density at radius 2 is 1.14 bits per heavy atom. The molecule has 2 aliphatic rings. The zero-order valence-corrected chi connectivity index (χ0v) is 34.3. The summed E-state index contributed by atoms with van der Waals surface area (Å²) in [5.74, 6) is -5.00. The molecule has 2 heterocycles. The monoisotopic (exact) mass is 846 g/mol. The summed E-state index contributed by atoms with van der Waals surface area (Å²) in [6.45, 7) is 3.20. The van der Waals surface area contributed by atoms with Gasteiger partial charge in [0.25, 0.3) is 0 Å². The Morgan fingerprint density at radius 3 is 1.62 bits per heavy atom. The van der Waals surface area contributed by atoms with Gasteiger partial charge >= 0.3 is 0 Å². The third-order valence-electron chi connectivity index (χ3n) is 9.62. The molecular weight excluding hydrogens is 795 g/mol. The Hall–Kier alpha value is -4.96. The van der Waals surface area contributed by atoms with Gasteiger partial charge < -0.3 is 38.5 Å². The highest BCUT2D eigenvalue weighted by atomic mass is 32.1. The van der Waals surface area contributed by atoms with E-state index in [1.807, 2.05) is 13.8 Å². The van der Waals surface area contributed by atoms with Gasteiger partial charge in [0.05, 0.1) is 61.9 Å². The van der Waals surface area contributed by atoms with E-state index in [4.69, 9.17) is 0 Å². The minimum absolute atomic E-state index is 0.0198. The van der Waals surface area contributed by atoms with E-state index in [0.717, 1.165) is 22.7 Å². The molecule has 0 saturated heterocycles. The van der Waals surface area contributed by atoms with Crippen molar-refractivity contribution in [2.45, 2.75) is 127 Å². The number of hydrogen-bond donors (Lipinski definition) is 7. The molecule has 2 saturated carbocycles. The number of ketones is 6. The quantitative estimate of drug-likeness (QED) is 0.0386. The van der Waals surface area contributed by atoms with Crippen molar-refractivity contribution in [3.8, 4) is 0 Å². The van der Waals surface area contributed by atoms with Crippen LogP contribution >= 0.6 is 22.7 Å². The summed E-state index contributed by atoms with van der Waals surface area (Å²) in [6, 6.07) is -0.882. The molecule has 0 radical (unpaired) electrons. The topological polar surface area (TPSA) is 328 Å². The van der Waals surface area contributed by atoms with Gasteiger partial charge in [-0.2, -0.15) is 0 Å². The fourth-order valence-corrected chi connectivity index (χ4v) is 7.30. The maximum atomic E-state index is 13.2. The second-order valence-electron chi connectivity index (χ2n) is 15.3. The Balaban J connectivity index is 1.17. The standard InChI is InChI=1S/C37H49N9O10S2/c1-19(38)3-5-21(47)11-30(54)45-36(7-8-36)26(50)13-28(52)41-15-25(49)23-17-58-35(44-23)33(40)34(56)24-18-57-32(43-24)16-42-29(53)14-27(51)37(9-10-37)46-31(55)12-22(48)6-4-20(2)39/h17-20,33H,3-16,38-40H2,1-2H3,(H,41,52)(H,42,53)(H,45,54)(H,46,55)/p+3/t19-,20-,33-/m0/s1. The molecule has 0 spiro atoms. The Bertz CT molecular complexity index is 1950. The van der Waals surface area contributed by atoms with Gasteiger partial charge in [-0.25, -0.2) is 9.97 Å². The van der Waals surface area contributed by atoms with Crippen molar-refractivity contribution < 1.29 is 65.1 Å². The first-order valence-electron chi connectivity index (χ1n) is 19.0. The zero-order valence-electron chi connectivity index (χ0n) is 32.7. The van der Waals surface area contributed by atoms with E-state index in [9.17, 15) is 47.9 Å². The lowest BCUT2D eigenvalue weighted by atomic mass is 10.1. The SMILES string of the molecule is C[C@H]([NH3+])CCC(=O)CC(=O)NC1(C(=O)CC(=O)NCC(=O)c2csc([C@@H]([NH3+])C(=O)c3csc(CNC(=O)CC(=O)C4(NC(=O)CC(=O)CC[C@H](C)[NH3+])CC4)n3)n2)CC1. The number of rotatable bonds is 26. The van der Waals surface area contributed by atoms with Crippen LogP contribution in [0.5, 0.6) is 0 Å². The summed E-state index contributed by atoms with van der Waals surface area (Å²) in [4.78, 5) is 134. The molecule has 13 N–H and O–H groups in total. The first-order chi connectivity index (χ1) is 27.3. The van der Waals surface area contributed by atoms with Gasteiger partial charge in [-0.1, -0.05) is 0 Å². The van der Waals surface area contributed by atoms with Crippen molar-refractivity contribution in [3.05, 3.63) is 32.2 Å². The van der Waals surface area contributed by atoms with Gasteiger partial charge in [-0.3, -0.25) is 47.9 Å². The molecule has 2 aliphatic carbocycles. The van der Waals surface area contributed by atoms with Gasteiger partial charge in [0.2, 0.25) is 41.2 Å². The number of carbonyl (C=O) groups is 10. The fourth-order valence-electron chi connectivity index (χ4n) is 5.74. The van der Waals surface area contributed by atoms with Crippen LogP contribution in [-0.4, -0.2) is 98.0 Å². The van der Waals surface area contributed by atoms with E-state index in [0.29, 0.717) is 43.5 Å². The highest BCUT2D eigenvalue weighted by molar-refractivity contribution is 7.10. The van der Waals surface area contributed by atoms with E-state index in [2.05, 4.69) is 48.4 Å². The normalized spacial score (nSPS) is 16.2. The lowest BCUT2D eigenvalue weighted by molar-refractivity contribution is -0.415. The predicted octanol–water partition coefficient (Wildman–Crippen LogP) is -2.36. The lowest BCUT2D eigenvalue weighted by Gasteiger charge is -2.16. The van der Waals surface area contributed by atoms with Crippen LogP contribution in [-0.2, 0) is 44.9 Å². The summed E-state index contributed by atoms with van der Waals surface area (Å²) in [6.07, 6.45) is 1.22. The molecule has 4 rings (SSSR count). The van der Waals surface area contributed by atoms with Crippen LogP contribution in [0.15, 0.2) is 10.8 Å². The van der Waals surface area contributed by atoms with E-state index in [1.165, 1.54) is 10.8 Å². The van der Waals surface area contributed by atoms with Crippen LogP contribution in [0.1, 0.15) is 128 Å². The second-order valence-corrected chi connectivity index (χ2v) is 17.1. The van der Waals surface area contributed by atoms with Crippen LogP contribution in [0.4, 0.5) is 0 Å². The molecule has 21 heteroatoms. The van der Waals surface area contributed by atoms with E-state index in [-0.39, 0.29) is 72.3 Å². The van der Waals surface area contributed by atoms with Crippen LogP contribution in [0, 0.1) is 0 Å². The second kappa shape index (κ2) is 20.1. The van der Waals surface area contributed by atoms with Gasteiger partial charge in [-0.05, 0) is 39.5 Å². The van der Waals surface area contributed by atoms with Crippen LogP contribution in [0.25, 0.3) is 0 Å². The van der Waals surface area contributed by atoms with E-state index < -0.39 is 83.3 Å². The summed E-state index contributed by atoms with van der Waals surface area (Å²) in [7, 11) is 0. The highest BCUT2D eigenvalue weighted by Crippen LogP contribution is 2.38. The minimum Gasteiger partial charge on any atom is -0.355 e. The third kappa shape index (κ3) is 13.6. The molecule has 0 aliphatic heterocycles. The van der Waals surface area contributed by atoms with Crippen LogP contribution in [0.2, 0.25) is 0 Å². The van der Waals surface area contributed by atoms with Crippen molar-refractivity contribution in [1.82, 2.24) is 31.2 Å². The zero-order chi connectivity index (χ0) is 42.8. The fraction of sp³-hybridized carbons (Fsp3) is 0.568. The van der Waals surface area contributed by atoms with E-state index in [1.54, 1.807) is 0 Å². The average Bonchev–Trinajstić information content (AvgIpc) is 3.99. The number of nitrogens with zero attached hydrogens (tertiary/aromatic N) is 2. The maximum Gasteiger partial charge on any atom is 0.246 e. The molecule has 0 aromatic carbocycles. The average molecular weight is 847 g/mol. The predicted molar refractivity (Wildman–Crippen MR) is 205 cm³/mol. The minimum atomic E-state index is -1.19. The molecule has 0 unspecified atom stereocenters. The molecule has 19 nitrogen and oxygen atoms in total. The molecule has 2 aromatic heterocycles. The summed E-state index contributed by atoms with van der Waals surface area (Å²) in [5.41, 5.74) is 9.19. The van der Waals surface area contributed by atoms with Gasteiger partial charge in [0.15, 0.2) is 16.6 Å². The number of thiazole rings is 2. The van der Waals surface area contributed by atoms with E-state index >= 15 is 0 Å². The van der Waals surface area contributed by atoms with Crippen molar-refractivity contribution in [2.24, 2.45) is 0 Å². The number of quaternary nitrogens is 3. The van der Waals surface area contributed by atoms with Gasteiger partial charge in [-0.15, -0.1) is 22.7 Å². The molecule has 314 valence electrons. The first kappa shape index (κ1) is 45.7. The molecule has 58 heavy (non-hydrogen) atoms. The summed E-state index contributed by atoms with van der Waals surface area (Å²) >= 11 is 2.12. The molecule has 3 atom stereocenters. The van der Waals surface area contributed by atoms with Gasteiger partial charge in [0, 0.05) is 36.4 Å². The summed E-state index contributed by atoms with van der Waals surface area (Å²) < 4.78 is 0. The Labute approximate surface area is 341 Å². The van der Waals surface area contributed by atoms with Crippen LogP contribution in [0.3, 0.4) is 0 Å².